The van der Waals surface area contributed by atoms with E-state index in [9.17, 15) is 4.79 Å². The van der Waals surface area contributed by atoms with E-state index in [1.807, 2.05) is 45.6 Å². The van der Waals surface area contributed by atoms with Crippen LogP contribution in [0.1, 0.15) is 16.9 Å². The number of rotatable bonds is 9. The number of amides is 1. The fourth-order valence-electron chi connectivity index (χ4n) is 3.40. The molecule has 4 aromatic heterocycles. The smallest absolute Gasteiger partial charge is 0.272 e. The normalized spacial score (nSPS) is 11.4. The van der Waals surface area contributed by atoms with Gasteiger partial charge in [0.2, 0.25) is 0 Å². The first kappa shape index (κ1) is 19.9. The zero-order valence-corrected chi connectivity index (χ0v) is 17.4. The molecule has 1 N–H and O–H groups in total. The van der Waals surface area contributed by atoms with Crippen molar-refractivity contribution < 1.29 is 4.79 Å². The third kappa shape index (κ3) is 4.44. The molecule has 0 aliphatic heterocycles. The average molecular weight is 406 g/mol. The fraction of sp³-hybridized carbons (Fsp3) is 0.318. The van der Waals surface area contributed by atoms with Gasteiger partial charge in [0.25, 0.3) is 5.91 Å². The Labute approximate surface area is 175 Å². The zero-order valence-electron chi connectivity index (χ0n) is 17.4. The summed E-state index contributed by atoms with van der Waals surface area (Å²) < 4.78 is 6.12. The summed E-state index contributed by atoms with van der Waals surface area (Å²) in [5, 5.41) is 3.00. The van der Waals surface area contributed by atoms with Gasteiger partial charge in [-0.2, -0.15) is 0 Å². The molecule has 4 aromatic rings. The SMILES string of the molecule is CN(C)CCn1ccc(-c2nc(C(=O)NCCCn3ccnc3)c3ccccn23)c1. The summed E-state index contributed by atoms with van der Waals surface area (Å²) in [5.74, 6) is 0.625. The monoisotopic (exact) mass is 405 g/mol. The Hall–Kier alpha value is -3.39. The lowest BCUT2D eigenvalue weighted by Gasteiger charge is -2.09. The summed E-state index contributed by atoms with van der Waals surface area (Å²) in [6.07, 6.45) is 12.4. The van der Waals surface area contributed by atoms with E-state index in [1.54, 1.807) is 12.5 Å². The summed E-state index contributed by atoms with van der Waals surface area (Å²) in [7, 11) is 4.12. The lowest BCUT2D eigenvalue weighted by molar-refractivity contribution is 0.0950. The van der Waals surface area contributed by atoms with Crippen LogP contribution in [0.2, 0.25) is 0 Å². The molecule has 30 heavy (non-hydrogen) atoms. The first-order chi connectivity index (χ1) is 14.6. The van der Waals surface area contributed by atoms with Gasteiger partial charge in [-0.25, -0.2) is 9.97 Å². The lowest BCUT2D eigenvalue weighted by atomic mass is 10.3. The molecule has 0 aliphatic carbocycles. The van der Waals surface area contributed by atoms with Gasteiger partial charge in [-0.1, -0.05) is 6.07 Å². The van der Waals surface area contributed by atoms with E-state index in [0.29, 0.717) is 12.2 Å². The molecule has 0 spiro atoms. The second kappa shape index (κ2) is 8.96. The predicted molar refractivity (Wildman–Crippen MR) is 116 cm³/mol. The highest BCUT2D eigenvalue weighted by molar-refractivity contribution is 6.00. The maximum atomic E-state index is 12.8. The van der Waals surface area contributed by atoms with Gasteiger partial charge in [-0.3, -0.25) is 9.20 Å². The Morgan fingerprint density at radius 2 is 2.00 bits per heavy atom. The standard InChI is InChI=1S/C22H27N7O/c1-26(2)14-15-27-12-7-18(16-27)21-25-20(19-6-3-4-11-29(19)21)22(30)24-8-5-10-28-13-9-23-17-28/h3-4,6-7,9,11-13,16-17H,5,8,10,14-15H2,1-2H3,(H,24,30). The highest BCUT2D eigenvalue weighted by Crippen LogP contribution is 2.23. The molecule has 156 valence electrons. The molecule has 0 aliphatic rings. The van der Waals surface area contributed by atoms with Crippen molar-refractivity contribution in [2.75, 3.05) is 27.2 Å². The number of imidazole rings is 2. The molecular formula is C22H27N7O. The van der Waals surface area contributed by atoms with E-state index < -0.39 is 0 Å². The summed E-state index contributed by atoms with van der Waals surface area (Å²) in [5.41, 5.74) is 2.25. The van der Waals surface area contributed by atoms with Gasteiger partial charge in [0.05, 0.1) is 11.8 Å². The van der Waals surface area contributed by atoms with Crippen molar-refractivity contribution in [3.05, 3.63) is 67.3 Å². The maximum absolute atomic E-state index is 12.8. The molecule has 0 saturated heterocycles. The minimum atomic E-state index is -0.150. The Morgan fingerprint density at radius 3 is 2.80 bits per heavy atom. The van der Waals surface area contributed by atoms with Crippen LogP contribution in [0, 0.1) is 0 Å². The molecule has 0 radical (unpaired) electrons. The number of hydrogen-bond acceptors (Lipinski definition) is 4. The molecule has 8 nitrogen and oxygen atoms in total. The Bertz CT molecular complexity index is 1110. The summed E-state index contributed by atoms with van der Waals surface area (Å²) in [6, 6.07) is 7.86. The number of nitrogens with zero attached hydrogens (tertiary/aromatic N) is 6. The molecule has 4 heterocycles. The van der Waals surface area contributed by atoms with Gasteiger partial charge >= 0.3 is 0 Å². The van der Waals surface area contributed by atoms with Crippen LogP contribution in [-0.2, 0) is 13.1 Å². The third-order valence-electron chi connectivity index (χ3n) is 5.02. The van der Waals surface area contributed by atoms with Gasteiger partial charge in [0.15, 0.2) is 5.69 Å². The third-order valence-corrected chi connectivity index (χ3v) is 5.02. The quantitative estimate of drug-likeness (QED) is 0.434. The van der Waals surface area contributed by atoms with Crippen molar-refractivity contribution in [3.8, 4) is 11.4 Å². The highest BCUT2D eigenvalue weighted by Gasteiger charge is 2.18. The number of nitrogens with one attached hydrogen (secondary N) is 1. The van der Waals surface area contributed by atoms with Gasteiger partial charge in [-0.15, -0.1) is 0 Å². The first-order valence-electron chi connectivity index (χ1n) is 10.1. The molecule has 0 aromatic carbocycles. The molecular weight excluding hydrogens is 378 g/mol. The lowest BCUT2D eigenvalue weighted by Crippen LogP contribution is -2.25. The van der Waals surface area contributed by atoms with Crippen LogP contribution in [0.3, 0.4) is 0 Å². The van der Waals surface area contributed by atoms with Crippen LogP contribution >= 0.6 is 0 Å². The number of carbonyl (C=O) groups excluding carboxylic acids is 1. The van der Waals surface area contributed by atoms with Crippen molar-refractivity contribution in [2.45, 2.75) is 19.5 Å². The van der Waals surface area contributed by atoms with Crippen molar-refractivity contribution in [2.24, 2.45) is 0 Å². The van der Waals surface area contributed by atoms with Crippen molar-refractivity contribution in [3.63, 3.8) is 0 Å². The number of carbonyl (C=O) groups is 1. The molecule has 0 atom stereocenters. The average Bonchev–Trinajstić information content (AvgIpc) is 3.49. The molecule has 0 saturated carbocycles. The number of hydrogen-bond donors (Lipinski definition) is 1. The van der Waals surface area contributed by atoms with Gasteiger partial charge in [0.1, 0.15) is 5.82 Å². The van der Waals surface area contributed by atoms with Crippen LogP contribution in [0.25, 0.3) is 16.9 Å². The van der Waals surface area contributed by atoms with Crippen LogP contribution < -0.4 is 5.32 Å². The van der Waals surface area contributed by atoms with Crippen LogP contribution in [0.5, 0.6) is 0 Å². The van der Waals surface area contributed by atoms with E-state index in [4.69, 9.17) is 4.98 Å². The van der Waals surface area contributed by atoms with E-state index in [-0.39, 0.29) is 5.91 Å². The minimum absolute atomic E-state index is 0.150. The molecule has 1 amide bonds. The second-order valence-electron chi connectivity index (χ2n) is 7.59. The van der Waals surface area contributed by atoms with Gasteiger partial charge < -0.3 is 19.4 Å². The van der Waals surface area contributed by atoms with Crippen LogP contribution in [0.4, 0.5) is 0 Å². The Kier molecular flexibility index (Phi) is 5.94. The van der Waals surface area contributed by atoms with E-state index >= 15 is 0 Å². The van der Waals surface area contributed by atoms with Crippen LogP contribution in [0.15, 0.2) is 61.6 Å². The largest absolute Gasteiger partial charge is 0.352 e. The van der Waals surface area contributed by atoms with Crippen molar-refractivity contribution in [1.82, 2.24) is 33.7 Å². The van der Waals surface area contributed by atoms with Gasteiger partial charge in [-0.05, 0) is 38.7 Å². The number of fused-ring (bicyclic) bond motifs is 1. The number of pyridine rings is 1. The van der Waals surface area contributed by atoms with E-state index in [1.165, 1.54) is 0 Å². The number of aryl methyl sites for hydroxylation is 1. The van der Waals surface area contributed by atoms with Gasteiger partial charge in [0, 0.05) is 62.7 Å². The highest BCUT2D eigenvalue weighted by atomic mass is 16.1. The molecule has 8 heteroatoms. The minimum Gasteiger partial charge on any atom is -0.352 e. The number of likely N-dealkylation sites (N-methyl/N-ethyl adjacent to an activating group) is 1. The molecule has 0 bridgehead atoms. The van der Waals surface area contributed by atoms with Crippen LogP contribution in [-0.4, -0.2) is 61.5 Å². The van der Waals surface area contributed by atoms with E-state index in [2.05, 4.69) is 46.3 Å². The maximum Gasteiger partial charge on any atom is 0.272 e. The molecule has 0 fully saturated rings. The summed E-state index contributed by atoms with van der Waals surface area (Å²) in [6.45, 7) is 3.26. The topological polar surface area (TPSA) is 72.4 Å². The Morgan fingerprint density at radius 1 is 1.10 bits per heavy atom. The molecule has 0 unspecified atom stereocenters. The summed E-state index contributed by atoms with van der Waals surface area (Å²) in [4.78, 5) is 23.7. The second-order valence-corrected chi connectivity index (χ2v) is 7.59. The first-order valence-corrected chi connectivity index (χ1v) is 10.1. The fourth-order valence-corrected chi connectivity index (χ4v) is 3.40. The molecule has 4 rings (SSSR count). The van der Waals surface area contributed by atoms with Crippen molar-refractivity contribution >= 4 is 11.4 Å². The van der Waals surface area contributed by atoms with E-state index in [0.717, 1.165) is 43.0 Å². The zero-order chi connectivity index (χ0) is 20.9. The number of aromatic nitrogens is 5. The Balaban J connectivity index is 1.50. The predicted octanol–water partition coefficient (Wildman–Crippen LogP) is 2.38. The van der Waals surface area contributed by atoms with Crippen molar-refractivity contribution in [1.29, 1.82) is 0 Å². The summed E-state index contributed by atoms with van der Waals surface area (Å²) >= 11 is 0.